The van der Waals surface area contributed by atoms with E-state index in [1.54, 1.807) is 35.2 Å². The topological polar surface area (TPSA) is 46.3 Å². The van der Waals surface area contributed by atoms with Crippen LogP contribution in [0.1, 0.15) is 0 Å². The van der Waals surface area contributed by atoms with E-state index in [1.807, 2.05) is 0 Å². The summed E-state index contributed by atoms with van der Waals surface area (Å²) in [4.78, 5) is 12.9. The number of rotatable bonds is 3. The van der Waals surface area contributed by atoms with Gasteiger partial charge in [0.25, 0.3) is 0 Å². The number of nitrogens with two attached hydrogens (primary N) is 1. The molecule has 0 atom stereocenters. The Morgan fingerprint density at radius 1 is 1.32 bits per heavy atom. The summed E-state index contributed by atoms with van der Waals surface area (Å²) in [6.07, 6.45) is -0.125. The molecule has 1 aliphatic rings. The Hall–Kier alpha value is -1.88. The van der Waals surface area contributed by atoms with E-state index in [4.69, 9.17) is 17.3 Å². The minimum atomic E-state index is -3.07. The second-order valence-electron chi connectivity index (χ2n) is 3.95. The van der Waals surface area contributed by atoms with Gasteiger partial charge in [0.05, 0.1) is 5.57 Å². The normalized spacial score (nSPS) is 15.3. The minimum Gasteiger partial charge on any atom is -0.384 e. The summed E-state index contributed by atoms with van der Waals surface area (Å²) in [6, 6.07) is 6.74. The van der Waals surface area contributed by atoms with Crippen molar-refractivity contribution in [2.75, 3.05) is 11.4 Å². The lowest BCUT2D eigenvalue weighted by atomic mass is 10.1. The third-order valence-corrected chi connectivity index (χ3v) is 2.99. The highest BCUT2D eigenvalue weighted by Crippen LogP contribution is 2.25. The van der Waals surface area contributed by atoms with Crippen LogP contribution in [0.2, 0.25) is 5.02 Å². The van der Waals surface area contributed by atoms with E-state index in [1.165, 1.54) is 6.08 Å². The number of carbonyl (C=O) groups is 1. The standard InChI is InChI=1S/C13H11ClF2N2O/c14-8-3-5-9(6-4-8)18-7-1-2-10(13(18)17)11(19)12(15)16/h1-6,12H,7,17H2. The molecule has 0 bridgehead atoms. The summed E-state index contributed by atoms with van der Waals surface area (Å²) in [5, 5.41) is 0.558. The van der Waals surface area contributed by atoms with Crippen LogP contribution in [-0.4, -0.2) is 18.8 Å². The van der Waals surface area contributed by atoms with Crippen molar-refractivity contribution in [2.45, 2.75) is 6.43 Å². The summed E-state index contributed by atoms with van der Waals surface area (Å²) in [7, 11) is 0. The van der Waals surface area contributed by atoms with Crippen LogP contribution in [0, 0.1) is 0 Å². The zero-order valence-electron chi connectivity index (χ0n) is 9.82. The highest BCUT2D eigenvalue weighted by Gasteiger charge is 2.25. The summed E-state index contributed by atoms with van der Waals surface area (Å²) in [6.45, 7) is 0.410. The van der Waals surface area contributed by atoms with Crippen LogP contribution < -0.4 is 10.6 Å². The zero-order chi connectivity index (χ0) is 14.0. The van der Waals surface area contributed by atoms with Gasteiger partial charge in [-0.1, -0.05) is 17.7 Å². The number of Topliss-reactive ketones (excluding diaryl/α,β-unsaturated/α-hetero) is 1. The van der Waals surface area contributed by atoms with Crippen molar-refractivity contribution >= 4 is 23.1 Å². The monoisotopic (exact) mass is 284 g/mol. The Morgan fingerprint density at radius 3 is 2.53 bits per heavy atom. The average molecular weight is 285 g/mol. The van der Waals surface area contributed by atoms with Crippen molar-refractivity contribution in [3.63, 3.8) is 0 Å². The molecule has 0 radical (unpaired) electrons. The molecular weight excluding hydrogens is 274 g/mol. The number of benzene rings is 1. The molecule has 2 rings (SSSR count). The lowest BCUT2D eigenvalue weighted by molar-refractivity contribution is -0.125. The first-order valence-electron chi connectivity index (χ1n) is 5.52. The molecule has 1 aromatic rings. The highest BCUT2D eigenvalue weighted by atomic mass is 35.5. The number of carbonyl (C=O) groups excluding carboxylic acids is 1. The van der Waals surface area contributed by atoms with Crippen molar-refractivity contribution in [2.24, 2.45) is 5.73 Å². The highest BCUT2D eigenvalue weighted by molar-refractivity contribution is 6.30. The van der Waals surface area contributed by atoms with Gasteiger partial charge < -0.3 is 10.6 Å². The van der Waals surface area contributed by atoms with Crippen LogP contribution in [-0.2, 0) is 4.79 Å². The Morgan fingerprint density at radius 2 is 1.95 bits per heavy atom. The van der Waals surface area contributed by atoms with Crippen LogP contribution in [0.15, 0.2) is 47.8 Å². The summed E-state index contributed by atoms with van der Waals surface area (Å²) < 4.78 is 24.9. The van der Waals surface area contributed by atoms with Gasteiger partial charge in [-0.2, -0.15) is 0 Å². The molecular formula is C13H11ClF2N2O. The van der Waals surface area contributed by atoms with Gasteiger partial charge in [-0.05, 0) is 30.3 Å². The predicted octanol–water partition coefficient (Wildman–Crippen LogP) is 2.72. The Kier molecular flexibility index (Phi) is 3.85. The number of hydrogen-bond donors (Lipinski definition) is 1. The maximum atomic E-state index is 12.5. The molecule has 0 aliphatic carbocycles. The van der Waals surface area contributed by atoms with Crippen LogP contribution in [0.4, 0.5) is 14.5 Å². The van der Waals surface area contributed by atoms with Gasteiger partial charge in [0.2, 0.25) is 5.78 Å². The summed E-state index contributed by atoms with van der Waals surface area (Å²) in [5.74, 6) is -1.25. The largest absolute Gasteiger partial charge is 0.384 e. The molecule has 2 N–H and O–H groups in total. The fourth-order valence-corrected chi connectivity index (χ4v) is 1.92. The van der Waals surface area contributed by atoms with Crippen LogP contribution in [0.25, 0.3) is 0 Å². The molecule has 0 saturated heterocycles. The number of nitrogens with zero attached hydrogens (tertiary/aromatic N) is 1. The van der Waals surface area contributed by atoms with Crippen molar-refractivity contribution in [1.82, 2.24) is 0 Å². The first kappa shape index (κ1) is 13.5. The molecule has 0 fully saturated rings. The molecule has 0 unspecified atom stereocenters. The van der Waals surface area contributed by atoms with Crippen LogP contribution in [0.3, 0.4) is 0 Å². The molecule has 0 aromatic heterocycles. The summed E-state index contributed by atoms with van der Waals surface area (Å²) in [5.41, 5.74) is 6.31. The van der Waals surface area contributed by atoms with E-state index >= 15 is 0 Å². The fraction of sp³-hybridized carbons (Fsp3) is 0.154. The molecule has 0 spiro atoms. The van der Waals surface area contributed by atoms with Gasteiger partial charge in [0.1, 0.15) is 5.82 Å². The number of anilines is 1. The van der Waals surface area contributed by atoms with Crippen molar-refractivity contribution in [1.29, 1.82) is 0 Å². The van der Waals surface area contributed by atoms with E-state index in [0.717, 1.165) is 0 Å². The average Bonchev–Trinajstić information content (AvgIpc) is 2.39. The Labute approximate surface area is 113 Å². The molecule has 1 aliphatic heterocycles. The summed E-state index contributed by atoms with van der Waals surface area (Å²) >= 11 is 5.78. The third-order valence-electron chi connectivity index (χ3n) is 2.74. The van der Waals surface area contributed by atoms with Crippen LogP contribution in [0.5, 0.6) is 0 Å². The number of halogens is 3. The molecule has 1 heterocycles. The molecule has 100 valence electrons. The number of ketones is 1. The Balaban J connectivity index is 2.36. The second-order valence-corrected chi connectivity index (χ2v) is 4.39. The maximum Gasteiger partial charge on any atom is 0.300 e. The quantitative estimate of drug-likeness (QED) is 0.928. The van der Waals surface area contributed by atoms with Gasteiger partial charge in [0.15, 0.2) is 0 Å². The third kappa shape index (κ3) is 2.76. The van der Waals surface area contributed by atoms with Crippen molar-refractivity contribution in [3.8, 4) is 0 Å². The van der Waals surface area contributed by atoms with Crippen molar-refractivity contribution < 1.29 is 13.6 Å². The van der Waals surface area contributed by atoms with Gasteiger partial charge in [-0.15, -0.1) is 0 Å². The molecule has 1 aromatic carbocycles. The first-order chi connectivity index (χ1) is 9.00. The molecule has 0 saturated carbocycles. The smallest absolute Gasteiger partial charge is 0.300 e. The lowest BCUT2D eigenvalue weighted by Gasteiger charge is -2.27. The molecule has 6 heteroatoms. The maximum absolute atomic E-state index is 12.5. The van der Waals surface area contributed by atoms with E-state index in [2.05, 4.69) is 0 Å². The lowest BCUT2D eigenvalue weighted by Crippen LogP contribution is -2.34. The molecule has 3 nitrogen and oxygen atoms in total. The second kappa shape index (κ2) is 5.40. The van der Waals surface area contributed by atoms with Gasteiger partial charge in [-0.3, -0.25) is 4.79 Å². The van der Waals surface area contributed by atoms with Gasteiger partial charge in [0, 0.05) is 17.3 Å². The van der Waals surface area contributed by atoms with Gasteiger partial charge in [-0.25, -0.2) is 8.78 Å². The van der Waals surface area contributed by atoms with E-state index in [9.17, 15) is 13.6 Å². The fourth-order valence-electron chi connectivity index (χ4n) is 1.80. The van der Waals surface area contributed by atoms with E-state index < -0.39 is 12.2 Å². The molecule has 0 amide bonds. The van der Waals surface area contributed by atoms with E-state index in [-0.39, 0.29) is 11.4 Å². The predicted molar refractivity (Wildman–Crippen MR) is 70.2 cm³/mol. The minimum absolute atomic E-state index is 0.0233. The number of hydrogen-bond acceptors (Lipinski definition) is 3. The first-order valence-corrected chi connectivity index (χ1v) is 5.90. The SMILES string of the molecule is NC1=C(C(=O)C(F)F)C=CCN1c1ccc(Cl)cc1. The Bertz CT molecular complexity index is 552. The van der Waals surface area contributed by atoms with Crippen LogP contribution >= 0.6 is 11.6 Å². The van der Waals surface area contributed by atoms with Gasteiger partial charge >= 0.3 is 6.43 Å². The number of alkyl halides is 2. The van der Waals surface area contributed by atoms with E-state index in [0.29, 0.717) is 17.3 Å². The molecule has 19 heavy (non-hydrogen) atoms. The van der Waals surface area contributed by atoms with Crippen molar-refractivity contribution in [3.05, 3.63) is 52.8 Å². The number of allylic oxidation sites excluding steroid dienone is 2. The zero-order valence-corrected chi connectivity index (χ0v) is 10.6.